The first-order chi connectivity index (χ1) is 36.1. The third kappa shape index (κ3) is 19.8. The van der Waals surface area contributed by atoms with E-state index < -0.39 is 107 Å². The molecule has 3 aromatic rings. The maximum Gasteiger partial charge on any atom is 0.243 e. The Bertz CT molecular complexity index is 2630. The number of amides is 7. The fourth-order valence-corrected chi connectivity index (χ4v) is 8.82. The van der Waals surface area contributed by atoms with Crippen LogP contribution in [0, 0.1) is 29.1 Å². The third-order valence-electron chi connectivity index (χ3n) is 12.9. The minimum Gasteiger partial charge on any atom is -0.370 e. The van der Waals surface area contributed by atoms with Crippen molar-refractivity contribution in [3.8, 4) is 6.07 Å². The summed E-state index contributed by atoms with van der Waals surface area (Å²) < 4.78 is 0. The number of fused-ring (bicyclic) bond motifs is 1. The van der Waals surface area contributed by atoms with E-state index in [0.717, 1.165) is 10.9 Å². The van der Waals surface area contributed by atoms with Gasteiger partial charge in [0.05, 0.1) is 17.7 Å². The van der Waals surface area contributed by atoms with Gasteiger partial charge >= 0.3 is 0 Å². The Morgan fingerprint density at radius 1 is 0.789 bits per heavy atom. The summed E-state index contributed by atoms with van der Waals surface area (Å²) >= 11 is 0. The number of nitrogens with two attached hydrogens (primary N) is 5. The maximum atomic E-state index is 14.8. The molecular formula is C52H73N15O9. The number of hydrogen-bond acceptors (Lipinski definition) is 12. The van der Waals surface area contributed by atoms with Crippen molar-refractivity contribution in [1.82, 2.24) is 36.9 Å². The molecule has 0 radical (unpaired) electrons. The normalized spacial score (nSPS) is 21.1. The minimum absolute atomic E-state index is 0.00809. The number of para-hydroxylation sites is 1. The summed E-state index contributed by atoms with van der Waals surface area (Å²) in [5, 5.41) is 26.4. The smallest absolute Gasteiger partial charge is 0.243 e. The number of ketones is 2. The van der Waals surface area contributed by atoms with E-state index in [1.165, 1.54) is 6.92 Å². The molecule has 24 nitrogen and oxygen atoms in total. The lowest BCUT2D eigenvalue weighted by Crippen LogP contribution is -2.59. The molecule has 1 aromatic heterocycles. The number of primary amides is 1. The number of Topliss-reactive ketones (excluding diaryl/α,β-unsaturated/α-hetero) is 2. The number of nitrogens with one attached hydrogen (secondary N) is 7. The second kappa shape index (κ2) is 30.1. The number of carbonyl (C=O) groups is 9. The van der Waals surface area contributed by atoms with Crippen molar-refractivity contribution in [2.45, 2.75) is 128 Å². The predicted octanol–water partition coefficient (Wildman–Crippen LogP) is -0.642. The molecule has 0 aliphatic carbocycles. The fourth-order valence-electron chi connectivity index (χ4n) is 8.82. The molecule has 1 aliphatic heterocycles. The molecule has 7 amide bonds. The van der Waals surface area contributed by atoms with Crippen molar-refractivity contribution in [3.05, 3.63) is 71.4 Å². The van der Waals surface area contributed by atoms with Gasteiger partial charge in [-0.05, 0) is 93.0 Å². The average Bonchev–Trinajstić information content (AvgIpc) is 3.78. The van der Waals surface area contributed by atoms with E-state index in [2.05, 4.69) is 46.9 Å². The zero-order valence-electron chi connectivity index (χ0n) is 43.3. The quantitative estimate of drug-likeness (QED) is 0.0455. The summed E-state index contributed by atoms with van der Waals surface area (Å²) in [7, 11) is 0. The van der Waals surface area contributed by atoms with Gasteiger partial charge in [-0.1, -0.05) is 44.2 Å². The van der Waals surface area contributed by atoms with Crippen LogP contribution in [0.4, 0.5) is 0 Å². The molecular weight excluding hydrogens is 979 g/mol. The van der Waals surface area contributed by atoms with Gasteiger partial charge in [0.2, 0.25) is 41.4 Å². The molecule has 1 fully saturated rings. The Kier molecular flexibility index (Phi) is 23.9. The lowest BCUT2D eigenvalue weighted by molar-refractivity contribution is -0.136. The molecule has 24 heteroatoms. The zero-order valence-corrected chi connectivity index (χ0v) is 43.3. The van der Waals surface area contributed by atoms with Crippen LogP contribution in [0.15, 0.2) is 64.7 Å². The molecule has 7 atom stereocenters. The Labute approximate surface area is 441 Å². The first kappa shape index (κ1) is 60.2. The van der Waals surface area contributed by atoms with Crippen LogP contribution in [-0.4, -0.2) is 120 Å². The Morgan fingerprint density at radius 3 is 2.11 bits per heavy atom. The summed E-state index contributed by atoms with van der Waals surface area (Å²) in [6.07, 6.45) is 1.08. The van der Waals surface area contributed by atoms with E-state index in [0.29, 0.717) is 16.7 Å². The number of aromatic nitrogens is 1. The standard InChI is InChI=1S/C52H73N15O9/c1-29(2)45-50(76)66-41(23-31-14-16-32(27-53)17-15-31)43(70)25-33(9-6-21-60-51(55)56)42(69)26-34(24-35-28-62-37-11-5-4-10-36(35)37)47(73)64-38(46(54)72)12-7-20-59-44(71)19-18-40(49(75)67-45)65-48(74)39(63-30(3)68)13-8-22-61-52(57)58/h4-5,10-11,14-17,28-29,33-34,38-41,45,62H,6-9,12-13,18-26H2,1-3H3,(H2,54,72)(H,59,71)(H,63,68)(H,64,73)(H,65,74)(H,66,76)(H,67,75)(H4,55,56,60)(H4,57,58,61)/t33-,34-,38+,39+,40+,41-,45+/m1/s1. The van der Waals surface area contributed by atoms with Crippen molar-refractivity contribution in [1.29, 1.82) is 5.26 Å². The van der Waals surface area contributed by atoms with Crippen LogP contribution in [0.25, 0.3) is 10.9 Å². The van der Waals surface area contributed by atoms with Crippen LogP contribution < -0.4 is 60.6 Å². The second-order valence-corrected chi connectivity index (χ2v) is 19.3. The summed E-state index contributed by atoms with van der Waals surface area (Å²) in [5.41, 5.74) is 30.3. The van der Waals surface area contributed by atoms with Gasteiger partial charge in [-0.3, -0.25) is 53.1 Å². The molecule has 2 aromatic carbocycles. The largest absolute Gasteiger partial charge is 0.370 e. The summed E-state index contributed by atoms with van der Waals surface area (Å²) in [4.78, 5) is 136. The van der Waals surface area contributed by atoms with Crippen molar-refractivity contribution < 1.29 is 43.2 Å². The molecule has 2 heterocycles. The third-order valence-corrected chi connectivity index (χ3v) is 12.9. The Balaban J connectivity index is 1.78. The van der Waals surface area contributed by atoms with Crippen LogP contribution in [0.5, 0.6) is 0 Å². The molecule has 410 valence electrons. The van der Waals surface area contributed by atoms with Gasteiger partial charge < -0.3 is 65.6 Å². The van der Waals surface area contributed by atoms with E-state index in [1.54, 1.807) is 44.3 Å². The van der Waals surface area contributed by atoms with E-state index in [9.17, 15) is 48.4 Å². The molecule has 17 N–H and O–H groups in total. The lowest BCUT2D eigenvalue weighted by atomic mass is 9.83. The monoisotopic (exact) mass is 1050 g/mol. The van der Waals surface area contributed by atoms with E-state index in [1.807, 2.05) is 30.3 Å². The number of carbonyl (C=O) groups excluding carboxylic acids is 9. The minimum atomic E-state index is -1.45. The first-order valence-electron chi connectivity index (χ1n) is 25.4. The zero-order chi connectivity index (χ0) is 55.9. The number of nitrogens with zero attached hydrogens (tertiary/aromatic N) is 3. The van der Waals surface area contributed by atoms with Gasteiger partial charge in [0.1, 0.15) is 30.0 Å². The number of aromatic amines is 1. The van der Waals surface area contributed by atoms with E-state index in [-0.39, 0.29) is 102 Å². The SMILES string of the molecule is CC(=O)N[C@@H](CCCN=C(N)N)C(=O)N[C@H]1CCC(=O)NCCC[C@@H](C(N)=O)NC(=O)[C@H](Cc2c[nH]c3ccccc23)CC(=O)[C@H](CCCN=C(N)N)CC(=O)[C@@H](Cc2ccc(C#N)cc2)NC(=O)[C@H](C(C)C)NC1=O. The maximum absolute atomic E-state index is 14.8. The molecule has 1 aliphatic rings. The molecule has 0 saturated carbocycles. The highest BCUT2D eigenvalue weighted by molar-refractivity contribution is 5.98. The molecule has 0 bridgehead atoms. The highest BCUT2D eigenvalue weighted by Crippen LogP contribution is 2.26. The van der Waals surface area contributed by atoms with Crippen molar-refractivity contribution >= 4 is 75.7 Å². The van der Waals surface area contributed by atoms with Gasteiger partial charge in [-0.2, -0.15) is 5.26 Å². The lowest BCUT2D eigenvalue weighted by Gasteiger charge is -2.28. The van der Waals surface area contributed by atoms with Gasteiger partial charge in [0.15, 0.2) is 17.7 Å². The highest BCUT2D eigenvalue weighted by Gasteiger charge is 2.36. The Morgan fingerprint density at radius 2 is 1.46 bits per heavy atom. The fraction of sp³-hybridized carbons (Fsp3) is 0.500. The number of rotatable bonds is 17. The van der Waals surface area contributed by atoms with Crippen LogP contribution in [0.2, 0.25) is 0 Å². The van der Waals surface area contributed by atoms with Crippen molar-refractivity contribution in [3.63, 3.8) is 0 Å². The molecule has 1 saturated heterocycles. The van der Waals surface area contributed by atoms with E-state index >= 15 is 0 Å². The number of benzene rings is 2. The van der Waals surface area contributed by atoms with Crippen LogP contribution in [0.1, 0.15) is 102 Å². The van der Waals surface area contributed by atoms with Crippen molar-refractivity contribution in [2.75, 3.05) is 19.6 Å². The van der Waals surface area contributed by atoms with Crippen LogP contribution >= 0.6 is 0 Å². The van der Waals surface area contributed by atoms with Gasteiger partial charge in [0, 0.05) is 74.8 Å². The Hall–Kier alpha value is -8.36. The summed E-state index contributed by atoms with van der Waals surface area (Å²) in [6, 6.07) is 9.30. The second-order valence-electron chi connectivity index (χ2n) is 19.3. The topological polar surface area (TPSA) is 420 Å². The van der Waals surface area contributed by atoms with Crippen LogP contribution in [0.3, 0.4) is 0 Å². The van der Waals surface area contributed by atoms with Crippen molar-refractivity contribution in [2.24, 2.45) is 56.4 Å². The van der Waals surface area contributed by atoms with Gasteiger partial charge in [-0.25, -0.2) is 0 Å². The summed E-state index contributed by atoms with van der Waals surface area (Å²) in [5.74, 6) is -9.15. The number of H-pyrrole nitrogens is 1. The van der Waals surface area contributed by atoms with Gasteiger partial charge in [0.25, 0.3) is 0 Å². The van der Waals surface area contributed by atoms with Crippen LogP contribution in [-0.2, 0) is 56.0 Å². The molecule has 0 unspecified atom stereocenters. The number of hydrogen-bond donors (Lipinski definition) is 12. The number of aliphatic imine (C=N–C) groups is 2. The predicted molar refractivity (Wildman–Crippen MR) is 284 cm³/mol. The molecule has 76 heavy (non-hydrogen) atoms. The molecule has 0 spiro atoms. The summed E-state index contributed by atoms with van der Waals surface area (Å²) in [6.45, 7) is 4.75. The first-order valence-corrected chi connectivity index (χ1v) is 25.4. The van der Waals surface area contributed by atoms with Gasteiger partial charge in [-0.15, -0.1) is 0 Å². The average molecular weight is 1050 g/mol. The molecule has 4 rings (SSSR count). The number of guanidine groups is 2. The number of nitriles is 1. The van der Waals surface area contributed by atoms with E-state index in [4.69, 9.17) is 28.7 Å². The highest BCUT2D eigenvalue weighted by atomic mass is 16.2.